The van der Waals surface area contributed by atoms with Gasteiger partial charge in [-0.1, -0.05) is 30.7 Å². The van der Waals surface area contributed by atoms with Crippen LogP contribution in [0.15, 0.2) is 34.9 Å². The van der Waals surface area contributed by atoms with Crippen molar-refractivity contribution in [1.82, 2.24) is 4.98 Å². The Morgan fingerprint density at radius 1 is 1.42 bits per heavy atom. The van der Waals surface area contributed by atoms with Gasteiger partial charge in [0, 0.05) is 16.2 Å². The molecule has 1 aromatic carbocycles. The van der Waals surface area contributed by atoms with Crippen LogP contribution < -0.4 is 5.73 Å². The summed E-state index contributed by atoms with van der Waals surface area (Å²) in [5.74, 6) is -0.503. The molecule has 1 unspecified atom stereocenters. The molecule has 0 fully saturated rings. The summed E-state index contributed by atoms with van der Waals surface area (Å²) in [6, 6.07) is 6.49. The Labute approximate surface area is 124 Å². The molecular weight excluding hydrogens is 331 g/mol. The molecule has 0 radical (unpaired) electrons. The van der Waals surface area contributed by atoms with Crippen LogP contribution in [0.3, 0.4) is 0 Å². The first kappa shape index (κ1) is 14.4. The number of benzene rings is 1. The highest BCUT2D eigenvalue weighted by molar-refractivity contribution is 9.10. The molecule has 100 valence electrons. The fourth-order valence-corrected chi connectivity index (χ4v) is 2.44. The van der Waals surface area contributed by atoms with Crippen molar-refractivity contribution >= 4 is 27.5 Å². The van der Waals surface area contributed by atoms with Gasteiger partial charge in [-0.2, -0.15) is 0 Å². The first-order valence-electron chi connectivity index (χ1n) is 5.89. The number of nitrogens with two attached hydrogens (primary N) is 1. The summed E-state index contributed by atoms with van der Waals surface area (Å²) < 4.78 is 14.7. The van der Waals surface area contributed by atoms with Crippen LogP contribution in [0.25, 0.3) is 0 Å². The standard InChI is InChI=1S/C14H13BrClFN2/c1-2-8-4-3-7-19-14(8)13(18)9-5-6-10(15)11(16)12(9)17/h3-7,13H,2,18H2,1H3. The summed E-state index contributed by atoms with van der Waals surface area (Å²) in [5.41, 5.74) is 8.18. The molecule has 1 atom stereocenters. The van der Waals surface area contributed by atoms with Gasteiger partial charge in [0.1, 0.15) is 5.82 Å². The van der Waals surface area contributed by atoms with E-state index in [1.54, 1.807) is 18.3 Å². The fourth-order valence-electron chi connectivity index (χ4n) is 1.96. The first-order chi connectivity index (χ1) is 9.06. The zero-order valence-corrected chi connectivity index (χ0v) is 12.7. The van der Waals surface area contributed by atoms with Gasteiger partial charge in [0.15, 0.2) is 0 Å². The lowest BCUT2D eigenvalue weighted by Crippen LogP contribution is -2.17. The lowest BCUT2D eigenvalue weighted by molar-refractivity contribution is 0.595. The van der Waals surface area contributed by atoms with Crippen molar-refractivity contribution in [2.45, 2.75) is 19.4 Å². The van der Waals surface area contributed by atoms with E-state index in [1.807, 2.05) is 19.1 Å². The molecule has 1 aromatic heterocycles. The van der Waals surface area contributed by atoms with E-state index in [0.717, 1.165) is 12.0 Å². The predicted molar refractivity (Wildman–Crippen MR) is 78.8 cm³/mol. The summed E-state index contributed by atoms with van der Waals surface area (Å²) >= 11 is 9.08. The normalized spacial score (nSPS) is 12.5. The highest BCUT2D eigenvalue weighted by Gasteiger charge is 2.20. The Hall–Kier alpha value is -0.970. The number of aryl methyl sites for hydroxylation is 1. The highest BCUT2D eigenvalue weighted by Crippen LogP contribution is 2.32. The molecule has 0 aliphatic rings. The van der Waals surface area contributed by atoms with E-state index < -0.39 is 11.9 Å². The molecule has 0 saturated carbocycles. The zero-order valence-electron chi connectivity index (χ0n) is 10.3. The smallest absolute Gasteiger partial charge is 0.148 e. The summed E-state index contributed by atoms with van der Waals surface area (Å²) in [6.45, 7) is 2.01. The van der Waals surface area contributed by atoms with Crippen LogP contribution in [0, 0.1) is 5.82 Å². The summed E-state index contributed by atoms with van der Waals surface area (Å²) in [7, 11) is 0. The number of halogens is 3. The Balaban J connectivity index is 2.50. The van der Waals surface area contributed by atoms with Gasteiger partial charge in [0.25, 0.3) is 0 Å². The number of rotatable bonds is 3. The molecule has 2 rings (SSSR count). The Bertz CT molecular complexity index is 604. The third-order valence-electron chi connectivity index (χ3n) is 3.00. The topological polar surface area (TPSA) is 38.9 Å². The maximum Gasteiger partial charge on any atom is 0.148 e. The van der Waals surface area contributed by atoms with Crippen molar-refractivity contribution in [1.29, 1.82) is 0 Å². The van der Waals surface area contributed by atoms with Gasteiger partial charge in [0.05, 0.1) is 16.8 Å². The van der Waals surface area contributed by atoms with Crippen molar-refractivity contribution in [3.05, 3.63) is 62.6 Å². The van der Waals surface area contributed by atoms with Gasteiger partial charge >= 0.3 is 0 Å². The maximum atomic E-state index is 14.2. The largest absolute Gasteiger partial charge is 0.319 e. The molecule has 0 aliphatic heterocycles. The van der Waals surface area contributed by atoms with E-state index in [0.29, 0.717) is 15.7 Å². The average molecular weight is 344 g/mol. The van der Waals surface area contributed by atoms with Gasteiger partial charge in [-0.05, 0) is 40.0 Å². The molecule has 0 aliphatic carbocycles. The molecule has 0 spiro atoms. The second-order valence-corrected chi connectivity index (χ2v) is 5.38. The molecular formula is C14H13BrClFN2. The molecule has 2 nitrogen and oxygen atoms in total. The van der Waals surface area contributed by atoms with Crippen LogP contribution in [-0.4, -0.2) is 4.98 Å². The number of aromatic nitrogens is 1. The molecule has 2 aromatic rings. The second kappa shape index (κ2) is 5.99. The summed E-state index contributed by atoms with van der Waals surface area (Å²) in [6.07, 6.45) is 2.45. The van der Waals surface area contributed by atoms with E-state index in [-0.39, 0.29) is 5.02 Å². The molecule has 2 N–H and O–H groups in total. The van der Waals surface area contributed by atoms with Crippen LogP contribution in [0.2, 0.25) is 5.02 Å². The minimum atomic E-state index is -0.623. The molecule has 1 heterocycles. The van der Waals surface area contributed by atoms with Crippen molar-refractivity contribution < 1.29 is 4.39 Å². The fraction of sp³-hybridized carbons (Fsp3) is 0.214. The zero-order chi connectivity index (χ0) is 14.0. The third-order valence-corrected chi connectivity index (χ3v) is 4.26. The Morgan fingerprint density at radius 3 is 2.84 bits per heavy atom. The lowest BCUT2D eigenvalue weighted by atomic mass is 9.98. The van der Waals surface area contributed by atoms with Crippen molar-refractivity contribution in [2.75, 3.05) is 0 Å². The summed E-state index contributed by atoms with van der Waals surface area (Å²) in [4.78, 5) is 4.27. The van der Waals surface area contributed by atoms with E-state index in [1.165, 1.54) is 0 Å². The van der Waals surface area contributed by atoms with Crippen LogP contribution in [0.5, 0.6) is 0 Å². The molecule has 0 amide bonds. The van der Waals surface area contributed by atoms with Crippen LogP contribution >= 0.6 is 27.5 Å². The number of pyridine rings is 1. The van der Waals surface area contributed by atoms with Crippen LogP contribution in [0.4, 0.5) is 4.39 Å². The average Bonchev–Trinajstić information content (AvgIpc) is 2.44. The monoisotopic (exact) mass is 342 g/mol. The Morgan fingerprint density at radius 2 is 2.16 bits per heavy atom. The van der Waals surface area contributed by atoms with Gasteiger partial charge in [-0.3, -0.25) is 4.98 Å². The van der Waals surface area contributed by atoms with Crippen molar-refractivity contribution in [3.63, 3.8) is 0 Å². The van der Waals surface area contributed by atoms with E-state index >= 15 is 0 Å². The molecule has 19 heavy (non-hydrogen) atoms. The van der Waals surface area contributed by atoms with Crippen molar-refractivity contribution in [3.8, 4) is 0 Å². The minimum Gasteiger partial charge on any atom is -0.319 e. The maximum absolute atomic E-state index is 14.2. The lowest BCUT2D eigenvalue weighted by Gasteiger charge is -2.16. The SMILES string of the molecule is CCc1cccnc1C(N)c1ccc(Br)c(Cl)c1F. The van der Waals surface area contributed by atoms with Gasteiger partial charge in [-0.15, -0.1) is 0 Å². The van der Waals surface area contributed by atoms with E-state index in [9.17, 15) is 4.39 Å². The third kappa shape index (κ3) is 2.81. The Kier molecular flexibility index (Phi) is 4.55. The predicted octanol–water partition coefficient (Wildman–Crippen LogP) is 4.25. The van der Waals surface area contributed by atoms with E-state index in [4.69, 9.17) is 17.3 Å². The van der Waals surface area contributed by atoms with Crippen LogP contribution in [0.1, 0.15) is 29.8 Å². The first-order valence-corrected chi connectivity index (χ1v) is 7.06. The quantitative estimate of drug-likeness (QED) is 0.846. The van der Waals surface area contributed by atoms with Gasteiger partial charge < -0.3 is 5.73 Å². The molecule has 0 saturated heterocycles. The summed E-state index contributed by atoms with van der Waals surface area (Å²) in [5, 5.41) is 0.0435. The van der Waals surface area contributed by atoms with Crippen LogP contribution in [-0.2, 0) is 6.42 Å². The van der Waals surface area contributed by atoms with Gasteiger partial charge in [-0.25, -0.2) is 4.39 Å². The number of hydrogen-bond acceptors (Lipinski definition) is 2. The molecule has 5 heteroatoms. The number of hydrogen-bond donors (Lipinski definition) is 1. The second-order valence-electron chi connectivity index (χ2n) is 4.14. The van der Waals surface area contributed by atoms with Gasteiger partial charge in [0.2, 0.25) is 0 Å². The number of nitrogens with zero attached hydrogens (tertiary/aromatic N) is 1. The molecule has 0 bridgehead atoms. The minimum absolute atomic E-state index is 0.0435. The highest BCUT2D eigenvalue weighted by atomic mass is 79.9. The van der Waals surface area contributed by atoms with Crippen molar-refractivity contribution in [2.24, 2.45) is 5.73 Å². The van der Waals surface area contributed by atoms with E-state index in [2.05, 4.69) is 20.9 Å².